The number of hydrogen-bond donors (Lipinski definition) is 1. The van der Waals surface area contributed by atoms with Crippen molar-refractivity contribution in [1.82, 2.24) is 0 Å². The zero-order chi connectivity index (χ0) is 21.7. The van der Waals surface area contributed by atoms with Crippen LogP contribution in [0.25, 0.3) is 0 Å². The van der Waals surface area contributed by atoms with Gasteiger partial charge in [0.1, 0.15) is 22.2 Å². The number of esters is 1. The molecule has 162 valence electrons. The summed E-state index contributed by atoms with van der Waals surface area (Å²) >= 11 is 0.770. The Morgan fingerprint density at radius 1 is 1.23 bits per heavy atom. The molecule has 6 heteroatoms. The van der Waals surface area contributed by atoms with Crippen molar-refractivity contribution in [3.8, 4) is 5.40 Å². The Balaban J connectivity index is 1.50. The molecule has 0 aromatic rings. The Hall–Kier alpha value is -1.74. The van der Waals surface area contributed by atoms with Gasteiger partial charge >= 0.3 is 5.97 Å². The SMILES string of the molecule is C/C(N)=C(\SC#N)C(=O)O[C@H]1CC[C@@]2(C)C(=CC[C@@H]3[C@@H]2CC[C@]2(C)C(=O)CC[C@@H]32)C1. The highest BCUT2D eigenvalue weighted by Gasteiger charge is 2.58. The van der Waals surface area contributed by atoms with Gasteiger partial charge in [0.15, 0.2) is 0 Å². The topological polar surface area (TPSA) is 93.2 Å². The molecule has 3 saturated carbocycles. The van der Waals surface area contributed by atoms with E-state index in [9.17, 15) is 9.59 Å². The number of allylic oxidation sites excluding steroid dienone is 2. The molecule has 5 nitrogen and oxygen atoms in total. The maximum atomic E-state index is 12.6. The third kappa shape index (κ3) is 3.30. The van der Waals surface area contributed by atoms with Gasteiger partial charge in [-0.2, -0.15) is 5.26 Å². The normalized spacial score (nSPS) is 40.9. The van der Waals surface area contributed by atoms with E-state index in [2.05, 4.69) is 19.9 Å². The highest BCUT2D eigenvalue weighted by molar-refractivity contribution is 8.08. The summed E-state index contributed by atoms with van der Waals surface area (Å²) < 4.78 is 5.76. The van der Waals surface area contributed by atoms with E-state index in [4.69, 9.17) is 15.7 Å². The van der Waals surface area contributed by atoms with Gasteiger partial charge < -0.3 is 10.5 Å². The number of nitriles is 1. The van der Waals surface area contributed by atoms with Gasteiger partial charge in [-0.1, -0.05) is 25.5 Å². The van der Waals surface area contributed by atoms with Crippen LogP contribution in [0.5, 0.6) is 0 Å². The molecule has 0 aromatic heterocycles. The van der Waals surface area contributed by atoms with E-state index >= 15 is 0 Å². The minimum absolute atomic E-state index is 0.100. The van der Waals surface area contributed by atoms with Gasteiger partial charge in [0, 0.05) is 24.0 Å². The molecule has 6 atom stereocenters. The monoisotopic (exact) mass is 428 g/mol. The second-order valence-electron chi connectivity index (χ2n) is 10.2. The number of fused-ring (bicyclic) bond motifs is 5. The van der Waals surface area contributed by atoms with Gasteiger partial charge in [0.25, 0.3) is 0 Å². The van der Waals surface area contributed by atoms with Gasteiger partial charge in [-0.05, 0) is 80.4 Å². The molecule has 0 aliphatic heterocycles. The number of carbonyl (C=O) groups is 2. The van der Waals surface area contributed by atoms with E-state index in [1.165, 1.54) is 5.57 Å². The van der Waals surface area contributed by atoms with E-state index in [0.29, 0.717) is 29.2 Å². The Bertz CT molecular complexity index is 868. The molecular weight excluding hydrogens is 396 g/mol. The van der Waals surface area contributed by atoms with Gasteiger partial charge in [-0.25, -0.2) is 4.79 Å². The van der Waals surface area contributed by atoms with Crippen LogP contribution in [-0.2, 0) is 14.3 Å². The summed E-state index contributed by atoms with van der Waals surface area (Å²) in [7, 11) is 0. The summed E-state index contributed by atoms with van der Waals surface area (Å²) in [6, 6.07) is 0. The summed E-state index contributed by atoms with van der Waals surface area (Å²) in [6.07, 6.45) is 9.83. The third-order valence-corrected chi connectivity index (χ3v) is 9.52. The van der Waals surface area contributed by atoms with Crippen LogP contribution in [0, 0.1) is 39.2 Å². The number of nitrogens with zero attached hydrogens (tertiary/aromatic N) is 1. The molecular formula is C24H32N2O3S. The van der Waals surface area contributed by atoms with Gasteiger partial charge in [-0.15, -0.1) is 0 Å². The van der Waals surface area contributed by atoms with Crippen LogP contribution in [-0.4, -0.2) is 17.9 Å². The molecule has 0 radical (unpaired) electrons. The molecule has 0 aromatic carbocycles. The number of carbonyl (C=O) groups excluding carboxylic acids is 2. The van der Waals surface area contributed by atoms with Crippen LogP contribution >= 0.6 is 11.8 Å². The number of nitrogens with two attached hydrogens (primary N) is 1. The van der Waals surface area contributed by atoms with Crippen molar-refractivity contribution in [3.63, 3.8) is 0 Å². The van der Waals surface area contributed by atoms with Crippen molar-refractivity contribution in [2.75, 3.05) is 0 Å². The molecule has 0 saturated heterocycles. The van der Waals surface area contributed by atoms with E-state index in [-0.39, 0.29) is 21.8 Å². The maximum absolute atomic E-state index is 12.6. The maximum Gasteiger partial charge on any atom is 0.347 e. The average Bonchev–Trinajstić information content (AvgIpc) is 3.01. The lowest BCUT2D eigenvalue weighted by Crippen LogP contribution is -2.50. The van der Waals surface area contributed by atoms with Crippen molar-refractivity contribution in [2.24, 2.45) is 34.3 Å². The van der Waals surface area contributed by atoms with E-state index in [0.717, 1.165) is 63.1 Å². The molecule has 30 heavy (non-hydrogen) atoms. The predicted molar refractivity (Wildman–Crippen MR) is 117 cm³/mol. The van der Waals surface area contributed by atoms with Crippen molar-refractivity contribution < 1.29 is 14.3 Å². The van der Waals surface area contributed by atoms with Gasteiger partial charge in [0.2, 0.25) is 0 Å². The molecule has 4 aliphatic rings. The third-order valence-electron chi connectivity index (χ3n) is 8.73. The summed E-state index contributed by atoms with van der Waals surface area (Å²) in [4.78, 5) is 25.3. The Morgan fingerprint density at radius 3 is 2.63 bits per heavy atom. The first-order valence-corrected chi connectivity index (χ1v) is 12.0. The Kier molecular flexibility index (Phi) is 5.55. The number of thioether (sulfide) groups is 1. The quantitative estimate of drug-likeness (QED) is 0.299. The highest BCUT2D eigenvalue weighted by Crippen LogP contribution is 2.64. The molecule has 0 amide bonds. The number of hydrogen-bond acceptors (Lipinski definition) is 6. The first-order chi connectivity index (χ1) is 14.2. The predicted octanol–water partition coefficient (Wildman–Crippen LogP) is 4.83. The molecule has 0 unspecified atom stereocenters. The molecule has 0 spiro atoms. The summed E-state index contributed by atoms with van der Waals surface area (Å²) in [6.45, 7) is 6.23. The van der Waals surface area contributed by atoms with Gasteiger partial charge in [-0.3, -0.25) is 4.79 Å². The number of rotatable bonds is 3. The second-order valence-corrected chi connectivity index (χ2v) is 10.9. The van der Waals surface area contributed by atoms with E-state index in [1.54, 1.807) is 6.92 Å². The van der Waals surface area contributed by atoms with Crippen LogP contribution in [0.3, 0.4) is 0 Å². The summed E-state index contributed by atoms with van der Waals surface area (Å²) in [5.74, 6) is 1.74. The number of Topliss-reactive ketones (excluding diaryl/α,β-unsaturated/α-hetero) is 1. The molecule has 4 rings (SSSR count). The minimum Gasteiger partial charge on any atom is -0.458 e. The summed E-state index contributed by atoms with van der Waals surface area (Å²) in [5, 5.41) is 10.8. The average molecular weight is 429 g/mol. The van der Waals surface area contributed by atoms with Gasteiger partial charge in [0.05, 0.1) is 0 Å². The summed E-state index contributed by atoms with van der Waals surface area (Å²) in [5.41, 5.74) is 7.55. The Morgan fingerprint density at radius 2 is 1.93 bits per heavy atom. The van der Waals surface area contributed by atoms with E-state index in [1.807, 2.05) is 5.40 Å². The fraction of sp³-hybridized carbons (Fsp3) is 0.708. The molecule has 3 fully saturated rings. The van der Waals surface area contributed by atoms with Crippen molar-refractivity contribution in [1.29, 1.82) is 5.26 Å². The lowest BCUT2D eigenvalue weighted by atomic mass is 9.48. The zero-order valence-corrected chi connectivity index (χ0v) is 19.0. The standard InChI is InChI=1S/C24H32N2O3S/c1-14(26)21(30-13-25)22(28)29-16-8-10-23(2)15(12-16)4-5-17-18-6-7-20(27)24(18,3)11-9-19(17)23/h4,16-19H,5-12,26H2,1-3H3/b21-14+/t16-,17-,18-,19-,23-,24-/m0/s1. The number of thiocyanates is 1. The molecule has 0 bridgehead atoms. The highest BCUT2D eigenvalue weighted by atomic mass is 32.2. The number of ketones is 1. The largest absolute Gasteiger partial charge is 0.458 e. The first kappa shape index (κ1) is 21.5. The lowest BCUT2D eigenvalue weighted by molar-refractivity contribution is -0.145. The molecule has 4 aliphatic carbocycles. The van der Waals surface area contributed by atoms with Crippen LogP contribution in [0.2, 0.25) is 0 Å². The van der Waals surface area contributed by atoms with Crippen LogP contribution in [0.15, 0.2) is 22.3 Å². The zero-order valence-electron chi connectivity index (χ0n) is 18.2. The van der Waals surface area contributed by atoms with Crippen LogP contribution < -0.4 is 5.73 Å². The minimum atomic E-state index is -0.484. The smallest absolute Gasteiger partial charge is 0.347 e. The van der Waals surface area contributed by atoms with E-state index < -0.39 is 5.97 Å². The fourth-order valence-corrected chi connectivity index (χ4v) is 7.42. The lowest BCUT2D eigenvalue weighted by Gasteiger charge is -2.56. The second kappa shape index (κ2) is 7.75. The number of ether oxygens (including phenoxy) is 1. The molecule has 0 heterocycles. The van der Waals surface area contributed by atoms with Crippen LogP contribution in [0.4, 0.5) is 0 Å². The van der Waals surface area contributed by atoms with Crippen molar-refractivity contribution in [3.05, 3.63) is 22.3 Å². The fourth-order valence-electron chi connectivity index (χ4n) is 7.03. The van der Waals surface area contributed by atoms with Crippen LogP contribution in [0.1, 0.15) is 72.1 Å². The first-order valence-electron chi connectivity index (χ1n) is 11.2. The molecule has 2 N–H and O–H groups in total. The Labute approximate surface area is 183 Å². The van der Waals surface area contributed by atoms with Crippen molar-refractivity contribution in [2.45, 2.75) is 78.2 Å². The van der Waals surface area contributed by atoms with Crippen molar-refractivity contribution >= 4 is 23.5 Å².